The highest BCUT2D eigenvalue weighted by molar-refractivity contribution is 9.10. The lowest BCUT2D eigenvalue weighted by molar-refractivity contribution is -0.118. The van der Waals surface area contributed by atoms with Crippen molar-refractivity contribution in [2.45, 2.75) is 6.54 Å². The summed E-state index contributed by atoms with van der Waals surface area (Å²) >= 11 is 7.26. The Labute approximate surface area is 91.3 Å². The average Bonchev–Trinajstić information content (AvgIpc) is 2.16. The molecule has 13 heavy (non-hydrogen) atoms. The van der Waals surface area contributed by atoms with Gasteiger partial charge in [0.05, 0.1) is 5.75 Å². The molecule has 0 saturated carbocycles. The summed E-state index contributed by atoms with van der Waals surface area (Å²) in [7, 11) is 0. The van der Waals surface area contributed by atoms with Crippen LogP contribution in [0.2, 0.25) is 0 Å². The Kier molecular flexibility index (Phi) is 4.32. The molecule has 0 fully saturated rings. The van der Waals surface area contributed by atoms with Gasteiger partial charge in [-0.1, -0.05) is 34.1 Å². The Morgan fingerprint density at radius 1 is 1.46 bits per heavy atom. The van der Waals surface area contributed by atoms with E-state index < -0.39 is 0 Å². The van der Waals surface area contributed by atoms with Crippen molar-refractivity contribution in [3.05, 3.63) is 34.3 Å². The molecule has 70 valence electrons. The molecule has 1 aromatic carbocycles. The first-order chi connectivity index (χ1) is 6.24. The number of thiol groups is 1. The van der Waals surface area contributed by atoms with Gasteiger partial charge in [-0.3, -0.25) is 4.79 Å². The number of rotatable bonds is 3. The number of benzene rings is 1. The van der Waals surface area contributed by atoms with Crippen molar-refractivity contribution < 1.29 is 4.79 Å². The third kappa shape index (κ3) is 3.40. The molecule has 0 atom stereocenters. The minimum Gasteiger partial charge on any atom is -0.351 e. The van der Waals surface area contributed by atoms with E-state index in [1.54, 1.807) is 0 Å². The van der Waals surface area contributed by atoms with Gasteiger partial charge >= 0.3 is 0 Å². The smallest absolute Gasteiger partial charge is 0.229 e. The number of hydrogen-bond acceptors (Lipinski definition) is 2. The van der Waals surface area contributed by atoms with E-state index in [0.717, 1.165) is 10.0 Å². The lowest BCUT2D eigenvalue weighted by Crippen LogP contribution is -2.23. The van der Waals surface area contributed by atoms with Crippen molar-refractivity contribution in [3.8, 4) is 0 Å². The second-order valence-corrected chi connectivity index (χ2v) is 3.70. The molecule has 0 unspecified atom stereocenters. The van der Waals surface area contributed by atoms with E-state index >= 15 is 0 Å². The van der Waals surface area contributed by atoms with Gasteiger partial charge in [-0.25, -0.2) is 0 Å². The van der Waals surface area contributed by atoms with Gasteiger partial charge in [-0.05, 0) is 11.6 Å². The van der Waals surface area contributed by atoms with Gasteiger partial charge in [0.2, 0.25) is 5.91 Å². The molecule has 0 bridgehead atoms. The molecule has 4 heteroatoms. The predicted octanol–water partition coefficient (Wildman–Crippen LogP) is 2.00. The molecule has 1 N–H and O–H groups in total. The Balaban J connectivity index is 2.54. The molecule has 0 aliphatic rings. The number of hydrogen-bond donors (Lipinski definition) is 2. The van der Waals surface area contributed by atoms with Gasteiger partial charge < -0.3 is 5.32 Å². The molecule has 0 aromatic heterocycles. The maximum atomic E-state index is 10.9. The summed E-state index contributed by atoms with van der Waals surface area (Å²) in [6.07, 6.45) is 0. The van der Waals surface area contributed by atoms with Crippen LogP contribution in [0.15, 0.2) is 28.7 Å². The zero-order chi connectivity index (χ0) is 9.68. The first-order valence-corrected chi connectivity index (χ1v) is 5.27. The molecular formula is C9H10BrNOS. The molecule has 0 radical (unpaired) electrons. The van der Waals surface area contributed by atoms with Gasteiger partial charge in [-0.15, -0.1) is 0 Å². The second kappa shape index (κ2) is 5.29. The van der Waals surface area contributed by atoms with E-state index in [-0.39, 0.29) is 11.7 Å². The number of carbonyl (C=O) groups excluding carboxylic acids is 1. The summed E-state index contributed by atoms with van der Waals surface area (Å²) in [6, 6.07) is 7.78. The van der Waals surface area contributed by atoms with Crippen molar-refractivity contribution in [1.82, 2.24) is 5.32 Å². The van der Waals surface area contributed by atoms with E-state index in [1.807, 2.05) is 24.3 Å². The highest BCUT2D eigenvalue weighted by Crippen LogP contribution is 2.15. The molecule has 0 aliphatic carbocycles. The number of amides is 1. The fraction of sp³-hybridized carbons (Fsp3) is 0.222. The lowest BCUT2D eigenvalue weighted by Gasteiger charge is -2.04. The van der Waals surface area contributed by atoms with Crippen LogP contribution in [-0.2, 0) is 11.3 Å². The zero-order valence-electron chi connectivity index (χ0n) is 6.96. The third-order valence-electron chi connectivity index (χ3n) is 1.58. The maximum absolute atomic E-state index is 10.9. The van der Waals surface area contributed by atoms with Crippen LogP contribution < -0.4 is 5.32 Å². The Morgan fingerprint density at radius 3 is 2.77 bits per heavy atom. The molecule has 1 aromatic rings. The van der Waals surface area contributed by atoms with Gasteiger partial charge in [0.15, 0.2) is 0 Å². The summed E-state index contributed by atoms with van der Waals surface area (Å²) in [5.74, 6) is 0.170. The standard InChI is InChI=1S/C9H10BrNOS/c10-8-4-2-1-3-7(8)5-11-9(12)6-13/h1-4,13H,5-6H2,(H,11,12). The monoisotopic (exact) mass is 259 g/mol. The van der Waals surface area contributed by atoms with Crippen LogP contribution >= 0.6 is 28.6 Å². The van der Waals surface area contributed by atoms with Gasteiger partial charge in [0.1, 0.15) is 0 Å². The summed E-state index contributed by atoms with van der Waals surface area (Å²) in [4.78, 5) is 10.9. The van der Waals surface area contributed by atoms with Crippen molar-refractivity contribution >= 4 is 34.5 Å². The van der Waals surface area contributed by atoms with Crippen LogP contribution in [0.4, 0.5) is 0 Å². The van der Waals surface area contributed by atoms with Crippen LogP contribution in [0.5, 0.6) is 0 Å². The van der Waals surface area contributed by atoms with Crippen LogP contribution in [0.3, 0.4) is 0 Å². The normalized spacial score (nSPS) is 9.69. The van der Waals surface area contributed by atoms with Crippen molar-refractivity contribution in [2.75, 3.05) is 5.75 Å². The topological polar surface area (TPSA) is 29.1 Å². The van der Waals surface area contributed by atoms with E-state index in [2.05, 4.69) is 33.9 Å². The SMILES string of the molecule is O=C(CS)NCc1ccccc1Br. The first-order valence-electron chi connectivity index (χ1n) is 3.85. The van der Waals surface area contributed by atoms with Crippen LogP contribution in [0, 0.1) is 0 Å². The number of halogens is 1. The Hall–Kier alpha value is -0.480. The molecule has 1 rings (SSSR count). The molecule has 1 amide bonds. The summed E-state index contributed by atoms with van der Waals surface area (Å²) < 4.78 is 1.01. The number of carbonyl (C=O) groups is 1. The van der Waals surface area contributed by atoms with Crippen LogP contribution in [0.1, 0.15) is 5.56 Å². The van der Waals surface area contributed by atoms with Gasteiger partial charge in [-0.2, -0.15) is 12.6 Å². The quantitative estimate of drug-likeness (QED) is 0.800. The molecule has 0 aliphatic heterocycles. The highest BCUT2D eigenvalue weighted by atomic mass is 79.9. The molecule has 0 spiro atoms. The summed E-state index contributed by atoms with van der Waals surface area (Å²) in [5.41, 5.74) is 1.07. The van der Waals surface area contributed by atoms with E-state index in [4.69, 9.17) is 0 Å². The minimum atomic E-state index is -0.0564. The molecule has 0 heterocycles. The first kappa shape index (κ1) is 10.6. The lowest BCUT2D eigenvalue weighted by atomic mass is 10.2. The fourth-order valence-electron chi connectivity index (χ4n) is 0.891. The largest absolute Gasteiger partial charge is 0.351 e. The molecular weight excluding hydrogens is 250 g/mol. The van der Waals surface area contributed by atoms with Crippen molar-refractivity contribution in [1.29, 1.82) is 0 Å². The zero-order valence-corrected chi connectivity index (χ0v) is 9.44. The Morgan fingerprint density at radius 2 is 2.15 bits per heavy atom. The minimum absolute atomic E-state index is 0.0564. The molecule has 0 saturated heterocycles. The second-order valence-electron chi connectivity index (χ2n) is 2.53. The Bertz CT molecular complexity index is 303. The van der Waals surface area contributed by atoms with E-state index in [1.165, 1.54) is 0 Å². The molecule has 2 nitrogen and oxygen atoms in total. The fourth-order valence-corrected chi connectivity index (χ4v) is 1.43. The predicted molar refractivity (Wildman–Crippen MR) is 59.8 cm³/mol. The van der Waals surface area contributed by atoms with Crippen molar-refractivity contribution in [3.63, 3.8) is 0 Å². The van der Waals surface area contributed by atoms with Gasteiger partial charge in [0, 0.05) is 11.0 Å². The van der Waals surface area contributed by atoms with Crippen molar-refractivity contribution in [2.24, 2.45) is 0 Å². The summed E-state index contributed by atoms with van der Waals surface area (Å²) in [6.45, 7) is 0.542. The highest BCUT2D eigenvalue weighted by Gasteiger charge is 2.00. The summed E-state index contributed by atoms with van der Waals surface area (Å²) in [5, 5.41) is 2.74. The third-order valence-corrected chi connectivity index (χ3v) is 2.64. The maximum Gasteiger partial charge on any atom is 0.229 e. The van der Waals surface area contributed by atoms with Crippen LogP contribution in [0.25, 0.3) is 0 Å². The van der Waals surface area contributed by atoms with Gasteiger partial charge in [0.25, 0.3) is 0 Å². The van der Waals surface area contributed by atoms with Crippen LogP contribution in [-0.4, -0.2) is 11.7 Å². The number of nitrogens with one attached hydrogen (secondary N) is 1. The van der Waals surface area contributed by atoms with E-state index in [0.29, 0.717) is 6.54 Å². The van der Waals surface area contributed by atoms with E-state index in [9.17, 15) is 4.79 Å². The average molecular weight is 260 g/mol.